The molecule has 5 heteroatoms. The number of methoxy groups -OCH3 is 1. The lowest BCUT2D eigenvalue weighted by Crippen LogP contribution is -2.10. The van der Waals surface area contributed by atoms with Crippen LogP contribution in [0.25, 0.3) is 0 Å². The standard InChI is InChI=1S/C11H17FN2O2/c1-3-16-5-4-14-10-7-11(15-2)8(12)6-9(10)13/h6-7,14H,3-5,13H2,1-2H3. The van der Waals surface area contributed by atoms with Gasteiger partial charge >= 0.3 is 0 Å². The summed E-state index contributed by atoms with van der Waals surface area (Å²) in [4.78, 5) is 0. The van der Waals surface area contributed by atoms with Crippen molar-refractivity contribution in [2.75, 3.05) is 37.9 Å². The van der Waals surface area contributed by atoms with Crippen molar-refractivity contribution in [2.45, 2.75) is 6.92 Å². The average Bonchev–Trinajstić information content (AvgIpc) is 2.27. The maximum absolute atomic E-state index is 13.2. The van der Waals surface area contributed by atoms with Gasteiger partial charge in [0, 0.05) is 25.3 Å². The van der Waals surface area contributed by atoms with Crippen molar-refractivity contribution in [3.8, 4) is 5.75 Å². The Morgan fingerprint density at radius 2 is 2.19 bits per heavy atom. The zero-order valence-electron chi connectivity index (χ0n) is 9.55. The molecule has 0 aromatic heterocycles. The fourth-order valence-corrected chi connectivity index (χ4v) is 1.28. The lowest BCUT2D eigenvalue weighted by molar-refractivity contribution is 0.158. The fourth-order valence-electron chi connectivity index (χ4n) is 1.28. The van der Waals surface area contributed by atoms with Crippen LogP contribution in [0.3, 0.4) is 0 Å². The molecule has 0 aliphatic carbocycles. The Kier molecular flexibility index (Phi) is 4.85. The molecule has 0 bridgehead atoms. The highest BCUT2D eigenvalue weighted by Gasteiger charge is 2.07. The van der Waals surface area contributed by atoms with E-state index in [1.165, 1.54) is 19.2 Å². The van der Waals surface area contributed by atoms with E-state index in [0.29, 0.717) is 31.1 Å². The number of ether oxygens (including phenoxy) is 2. The molecule has 90 valence electrons. The highest BCUT2D eigenvalue weighted by Crippen LogP contribution is 2.27. The third-order valence-corrected chi connectivity index (χ3v) is 2.09. The molecule has 0 saturated heterocycles. The maximum atomic E-state index is 13.2. The van der Waals surface area contributed by atoms with Gasteiger partial charge in [0.2, 0.25) is 0 Å². The molecule has 0 saturated carbocycles. The summed E-state index contributed by atoms with van der Waals surface area (Å²) in [7, 11) is 1.42. The number of anilines is 2. The molecule has 0 aliphatic heterocycles. The Morgan fingerprint density at radius 1 is 1.44 bits per heavy atom. The predicted molar refractivity (Wildman–Crippen MR) is 62.3 cm³/mol. The van der Waals surface area contributed by atoms with Crippen molar-refractivity contribution in [3.05, 3.63) is 17.9 Å². The number of benzene rings is 1. The molecule has 0 fully saturated rings. The van der Waals surface area contributed by atoms with Crippen LogP contribution in [0.5, 0.6) is 5.75 Å². The lowest BCUT2D eigenvalue weighted by atomic mass is 10.2. The van der Waals surface area contributed by atoms with E-state index in [9.17, 15) is 4.39 Å². The van der Waals surface area contributed by atoms with Gasteiger partial charge in [-0.2, -0.15) is 0 Å². The molecule has 0 unspecified atom stereocenters. The Bertz CT molecular complexity index is 345. The molecule has 1 aromatic rings. The second-order valence-corrected chi connectivity index (χ2v) is 3.20. The molecular formula is C11H17FN2O2. The van der Waals surface area contributed by atoms with E-state index in [4.69, 9.17) is 15.2 Å². The van der Waals surface area contributed by atoms with Crippen LogP contribution in [0.4, 0.5) is 15.8 Å². The molecule has 1 aromatic carbocycles. The lowest BCUT2D eigenvalue weighted by Gasteiger charge is -2.11. The summed E-state index contributed by atoms with van der Waals surface area (Å²) in [6.07, 6.45) is 0. The first kappa shape index (κ1) is 12.6. The molecule has 0 atom stereocenters. The summed E-state index contributed by atoms with van der Waals surface area (Å²) >= 11 is 0. The second-order valence-electron chi connectivity index (χ2n) is 3.20. The van der Waals surface area contributed by atoms with Crippen LogP contribution in [-0.4, -0.2) is 26.9 Å². The van der Waals surface area contributed by atoms with E-state index in [1.54, 1.807) is 0 Å². The summed E-state index contributed by atoms with van der Waals surface area (Å²) in [6.45, 7) is 3.79. The molecule has 0 radical (unpaired) electrons. The van der Waals surface area contributed by atoms with Gasteiger partial charge in [0.15, 0.2) is 11.6 Å². The quantitative estimate of drug-likeness (QED) is 0.576. The van der Waals surface area contributed by atoms with Gasteiger partial charge in [-0.15, -0.1) is 0 Å². The average molecular weight is 228 g/mol. The van der Waals surface area contributed by atoms with Crippen molar-refractivity contribution in [3.63, 3.8) is 0 Å². The second kappa shape index (κ2) is 6.17. The molecule has 16 heavy (non-hydrogen) atoms. The van der Waals surface area contributed by atoms with Crippen LogP contribution in [0.1, 0.15) is 6.92 Å². The molecule has 0 amide bonds. The number of nitrogens with two attached hydrogens (primary N) is 1. The van der Waals surface area contributed by atoms with Gasteiger partial charge in [0.25, 0.3) is 0 Å². The topological polar surface area (TPSA) is 56.5 Å². The van der Waals surface area contributed by atoms with Crippen LogP contribution < -0.4 is 15.8 Å². The van der Waals surface area contributed by atoms with Crippen LogP contribution in [0.15, 0.2) is 12.1 Å². The summed E-state index contributed by atoms with van der Waals surface area (Å²) in [5.41, 5.74) is 6.67. The monoisotopic (exact) mass is 228 g/mol. The summed E-state index contributed by atoms with van der Waals surface area (Å²) in [5.74, 6) is -0.288. The first-order chi connectivity index (χ1) is 7.69. The Labute approximate surface area is 94.5 Å². The van der Waals surface area contributed by atoms with Crippen LogP contribution >= 0.6 is 0 Å². The van der Waals surface area contributed by atoms with Crippen molar-refractivity contribution in [1.82, 2.24) is 0 Å². The van der Waals surface area contributed by atoms with Crippen LogP contribution in [-0.2, 0) is 4.74 Å². The number of rotatable bonds is 6. The van der Waals surface area contributed by atoms with Gasteiger partial charge in [-0.25, -0.2) is 4.39 Å². The Balaban J connectivity index is 2.64. The van der Waals surface area contributed by atoms with Gasteiger partial charge in [-0.05, 0) is 6.92 Å². The SMILES string of the molecule is CCOCCNc1cc(OC)c(F)cc1N. The third kappa shape index (κ3) is 3.27. The molecule has 1 rings (SSSR count). The smallest absolute Gasteiger partial charge is 0.167 e. The van der Waals surface area contributed by atoms with E-state index in [1.807, 2.05) is 6.92 Å². The van der Waals surface area contributed by atoms with E-state index in [2.05, 4.69) is 5.32 Å². The molecule has 0 heterocycles. The zero-order chi connectivity index (χ0) is 12.0. The van der Waals surface area contributed by atoms with Crippen molar-refractivity contribution < 1.29 is 13.9 Å². The van der Waals surface area contributed by atoms with Gasteiger partial charge in [-0.3, -0.25) is 0 Å². The highest BCUT2D eigenvalue weighted by atomic mass is 19.1. The minimum Gasteiger partial charge on any atom is -0.494 e. The highest BCUT2D eigenvalue weighted by molar-refractivity contribution is 5.68. The molecule has 0 aliphatic rings. The molecular weight excluding hydrogens is 211 g/mol. The van der Waals surface area contributed by atoms with Crippen molar-refractivity contribution in [2.24, 2.45) is 0 Å². The van der Waals surface area contributed by atoms with E-state index in [0.717, 1.165) is 0 Å². The zero-order valence-corrected chi connectivity index (χ0v) is 9.55. The van der Waals surface area contributed by atoms with E-state index in [-0.39, 0.29) is 5.75 Å². The predicted octanol–water partition coefficient (Wildman–Crippen LogP) is 1.86. The minimum absolute atomic E-state index is 0.174. The van der Waals surface area contributed by atoms with Crippen molar-refractivity contribution in [1.29, 1.82) is 0 Å². The first-order valence-corrected chi connectivity index (χ1v) is 5.13. The normalized spacial score (nSPS) is 10.2. The largest absolute Gasteiger partial charge is 0.494 e. The fraction of sp³-hybridized carbons (Fsp3) is 0.455. The third-order valence-electron chi connectivity index (χ3n) is 2.09. The number of hydrogen-bond acceptors (Lipinski definition) is 4. The number of nitrogen functional groups attached to an aromatic ring is 1. The van der Waals surface area contributed by atoms with Gasteiger partial charge in [0.1, 0.15) is 0 Å². The maximum Gasteiger partial charge on any atom is 0.167 e. The Hall–Kier alpha value is -1.49. The first-order valence-electron chi connectivity index (χ1n) is 5.13. The molecule has 0 spiro atoms. The summed E-state index contributed by atoms with van der Waals surface area (Å²) in [5, 5.41) is 3.05. The van der Waals surface area contributed by atoms with E-state index >= 15 is 0 Å². The number of halogens is 1. The minimum atomic E-state index is -0.463. The van der Waals surface area contributed by atoms with Crippen LogP contribution in [0, 0.1) is 5.82 Å². The van der Waals surface area contributed by atoms with Gasteiger partial charge in [-0.1, -0.05) is 0 Å². The molecule has 4 nitrogen and oxygen atoms in total. The van der Waals surface area contributed by atoms with E-state index < -0.39 is 5.82 Å². The number of hydrogen-bond donors (Lipinski definition) is 2. The van der Waals surface area contributed by atoms with Crippen molar-refractivity contribution >= 4 is 11.4 Å². The summed E-state index contributed by atoms with van der Waals surface area (Å²) < 4.78 is 23.2. The number of nitrogens with one attached hydrogen (secondary N) is 1. The Morgan fingerprint density at radius 3 is 2.81 bits per heavy atom. The van der Waals surface area contributed by atoms with Crippen LogP contribution in [0.2, 0.25) is 0 Å². The molecule has 3 N–H and O–H groups in total. The van der Waals surface area contributed by atoms with Gasteiger partial charge in [0.05, 0.1) is 25.1 Å². The summed E-state index contributed by atoms with van der Waals surface area (Å²) in [6, 6.07) is 2.78. The van der Waals surface area contributed by atoms with Gasteiger partial charge < -0.3 is 20.5 Å².